The van der Waals surface area contributed by atoms with Crippen LogP contribution < -0.4 is 32.6 Å². The van der Waals surface area contributed by atoms with E-state index in [-0.39, 0.29) is 68.8 Å². The highest BCUT2D eigenvalue weighted by Crippen LogP contribution is 2.76. The molecule has 3 aromatic carbocycles. The monoisotopic (exact) mass is 1010 g/mol. The normalized spacial score (nSPS) is 29.8. The molecule has 0 radical (unpaired) electrons. The lowest BCUT2D eigenvalue weighted by Crippen LogP contribution is -3.00. The Balaban J connectivity index is 0.00000656. The van der Waals surface area contributed by atoms with E-state index in [1.807, 2.05) is 24.3 Å². The third-order valence-corrected chi connectivity index (χ3v) is 20.9. The van der Waals surface area contributed by atoms with Crippen molar-refractivity contribution in [2.45, 2.75) is 153 Å². The van der Waals surface area contributed by atoms with Crippen LogP contribution in [0.3, 0.4) is 0 Å². The maximum atomic E-state index is 15.1. The summed E-state index contributed by atoms with van der Waals surface area (Å²) in [6.45, 7) is 30.5. The van der Waals surface area contributed by atoms with Crippen LogP contribution in [0.15, 0.2) is 107 Å². The summed E-state index contributed by atoms with van der Waals surface area (Å²) in [6, 6.07) is 31.6. The summed E-state index contributed by atoms with van der Waals surface area (Å²) in [6.07, 6.45) is 12.8. The molecular weight excluding hydrogens is 922 g/mol. The molecule has 8 atom stereocenters. The molecule has 7 nitrogen and oxygen atoms in total. The molecule has 73 heavy (non-hydrogen) atoms. The summed E-state index contributed by atoms with van der Waals surface area (Å²) in [5.41, 5.74) is 7.92. The highest BCUT2D eigenvalue weighted by molar-refractivity contribution is 6.08. The fraction of sp³-hybridized carbons (Fsp3) is 0.554. The van der Waals surface area contributed by atoms with Gasteiger partial charge in [0, 0.05) is 59.4 Å². The third-order valence-electron chi connectivity index (χ3n) is 20.9. The minimum atomic E-state index is -0.359. The van der Waals surface area contributed by atoms with Crippen molar-refractivity contribution in [1.29, 1.82) is 0 Å². The van der Waals surface area contributed by atoms with Gasteiger partial charge in [-0.3, -0.25) is 4.79 Å². The first-order valence-corrected chi connectivity index (χ1v) is 28.0. The molecule has 1 heterocycles. The number of hydrogen-bond acceptors (Lipinski definition) is 5. The van der Waals surface area contributed by atoms with Gasteiger partial charge in [0.1, 0.15) is 30.5 Å². The van der Waals surface area contributed by atoms with E-state index in [1.54, 1.807) is 5.57 Å². The molecule has 1 aliphatic heterocycles. The zero-order valence-electron chi connectivity index (χ0n) is 46.1. The molecule has 3 aromatic rings. The maximum absolute atomic E-state index is 15.1. The number of nitrogens with one attached hydrogen (secondary N) is 1. The van der Waals surface area contributed by atoms with Crippen molar-refractivity contribution in [3.05, 3.63) is 119 Å². The Morgan fingerprint density at radius 3 is 2.19 bits per heavy atom. The van der Waals surface area contributed by atoms with E-state index in [0.29, 0.717) is 23.9 Å². The van der Waals surface area contributed by atoms with E-state index in [0.717, 1.165) is 140 Å². The number of esters is 1. The Morgan fingerprint density at radius 2 is 1.47 bits per heavy atom. The van der Waals surface area contributed by atoms with Crippen LogP contribution in [0.25, 0.3) is 33.4 Å². The van der Waals surface area contributed by atoms with E-state index in [2.05, 4.69) is 164 Å². The average molecular weight is 1010 g/mol. The van der Waals surface area contributed by atoms with E-state index < -0.39 is 0 Å². The Morgan fingerprint density at radius 1 is 0.753 bits per heavy atom. The van der Waals surface area contributed by atoms with E-state index in [9.17, 15) is 4.79 Å². The van der Waals surface area contributed by atoms with Crippen LogP contribution in [0, 0.1) is 50.2 Å². The van der Waals surface area contributed by atoms with Crippen LogP contribution in [0.5, 0.6) is 0 Å². The Labute approximate surface area is 443 Å². The molecule has 0 bridgehead atoms. The van der Waals surface area contributed by atoms with Crippen molar-refractivity contribution in [2.24, 2.45) is 50.2 Å². The molecule has 1 N–H and O–H groups in total. The van der Waals surface area contributed by atoms with Crippen molar-refractivity contribution in [3.63, 3.8) is 0 Å². The second-order valence-electron chi connectivity index (χ2n) is 25.0. The van der Waals surface area contributed by atoms with Gasteiger partial charge in [-0.1, -0.05) is 109 Å². The summed E-state index contributed by atoms with van der Waals surface area (Å²) in [5.74, 6) is 1.97. The van der Waals surface area contributed by atoms with Crippen molar-refractivity contribution in [2.75, 3.05) is 31.1 Å². The molecule has 0 saturated heterocycles. The van der Waals surface area contributed by atoms with Gasteiger partial charge in [0.25, 0.3) is 0 Å². The molecule has 7 aliphatic rings. The van der Waals surface area contributed by atoms with Gasteiger partial charge in [-0.2, -0.15) is 0 Å². The first-order valence-electron chi connectivity index (χ1n) is 28.0. The first kappa shape index (κ1) is 53.0. The van der Waals surface area contributed by atoms with Crippen LogP contribution in [0.4, 0.5) is 5.69 Å². The number of benzene rings is 4. The number of allylic oxidation sites excluding steroid dienone is 2. The van der Waals surface area contributed by atoms with Gasteiger partial charge in [-0.25, -0.2) is 9.37 Å². The summed E-state index contributed by atoms with van der Waals surface area (Å²) in [7, 11) is 0. The van der Waals surface area contributed by atoms with Crippen LogP contribution in [-0.2, 0) is 16.1 Å². The molecule has 390 valence electrons. The fourth-order valence-corrected chi connectivity index (χ4v) is 16.6. The average Bonchev–Trinajstić information content (AvgIpc) is 3.36. The number of amides is 1. The minimum absolute atomic E-state index is 0. The predicted molar refractivity (Wildman–Crippen MR) is 295 cm³/mol. The number of hydrogen-bond donors (Lipinski definition) is 1. The summed E-state index contributed by atoms with van der Waals surface area (Å²) >= 11 is 0. The number of ether oxygens (including phenoxy) is 1. The summed E-state index contributed by atoms with van der Waals surface area (Å²) < 4.78 is 16.1. The molecule has 0 spiro atoms. The lowest BCUT2D eigenvalue weighted by atomic mass is 9.33. The quantitative estimate of drug-likeness (QED) is 0.0618. The molecule has 8 heteroatoms. The van der Waals surface area contributed by atoms with Gasteiger partial charge >= 0.3 is 5.97 Å². The Bertz CT molecular complexity index is 2940. The third kappa shape index (κ3) is 8.58. The molecule has 6 aliphatic carbocycles. The van der Waals surface area contributed by atoms with Gasteiger partial charge < -0.3 is 31.8 Å². The van der Waals surface area contributed by atoms with Gasteiger partial charge in [0.05, 0.1) is 17.0 Å². The number of anilines is 1. The summed E-state index contributed by atoms with van der Waals surface area (Å²) in [5, 5.41) is 5.58. The largest absolute Gasteiger partial charge is 1.00 e. The standard InChI is InChI=1S/C65H83N3O4.ClH/c1-12-67(13-2)44-25-27-48-52(39-44)71-53-40-45(68(14-3)15-4)26-28-49(53)57(48)46-23-19-20-24-47(46)58(69)72-56-32-33-62(9)54(61(56,7)8)31-34-64(11)55(62)30-29-50-51-41-60(5,6)35-37-65(51,38-36-63(50,64)10)59(70)66-42-43-21-17-16-18-22-43;/h16-29,39-40,51,54-56H,12-15,30-38,41-42H2,1-11H3;1H/t51-,54-,55+,56-,62-,63+,64+,65-;/m0./s1. The van der Waals surface area contributed by atoms with Crippen molar-refractivity contribution >= 4 is 28.5 Å². The molecule has 10 rings (SSSR count). The van der Waals surface area contributed by atoms with Crippen molar-refractivity contribution < 1.29 is 31.2 Å². The molecule has 0 unspecified atom stereocenters. The smallest absolute Gasteiger partial charge is 0.339 e. The molecule has 4 fully saturated rings. The van der Waals surface area contributed by atoms with Crippen LogP contribution in [0.2, 0.25) is 0 Å². The molecule has 1 amide bonds. The van der Waals surface area contributed by atoms with Gasteiger partial charge in [-0.05, 0) is 167 Å². The number of carbonyl (C=O) groups excluding carboxylic acids is 2. The van der Waals surface area contributed by atoms with E-state index >= 15 is 4.79 Å². The SMILES string of the molecule is CCN(CC)c1ccc2c(-c3ccccc3C(=O)O[C@H]3CC[C@]4(C)[C@H]5CC=C6[C@@H]7CC(C)(C)CC[C@]7(C(=O)NCc7ccccc7)CC[C@@]6(C)[C@]5(C)CC[C@H]4C3(C)C)c3ccc(=[N+](CC)CC)cc-3oc2c1.[Cl-]. The highest BCUT2D eigenvalue weighted by atomic mass is 35.5. The fourth-order valence-electron chi connectivity index (χ4n) is 16.6. The Hall–Kier alpha value is -4.88. The second kappa shape index (κ2) is 19.7. The topological polar surface area (TPSA) is 74.8 Å². The van der Waals surface area contributed by atoms with Gasteiger partial charge in [0.2, 0.25) is 11.3 Å². The highest BCUT2D eigenvalue weighted by Gasteiger charge is 2.69. The zero-order valence-corrected chi connectivity index (χ0v) is 46.8. The van der Waals surface area contributed by atoms with Crippen molar-refractivity contribution in [1.82, 2.24) is 9.89 Å². The molecule has 4 saturated carbocycles. The first-order chi connectivity index (χ1) is 34.4. The van der Waals surface area contributed by atoms with Crippen LogP contribution in [-0.4, -0.2) is 44.2 Å². The van der Waals surface area contributed by atoms with Crippen molar-refractivity contribution in [3.8, 4) is 22.5 Å². The lowest BCUT2D eigenvalue weighted by Gasteiger charge is -2.71. The minimum Gasteiger partial charge on any atom is -1.00 e. The number of nitrogens with zero attached hydrogens (tertiary/aromatic N) is 2. The van der Waals surface area contributed by atoms with Gasteiger partial charge in [0.15, 0.2) is 0 Å². The lowest BCUT2D eigenvalue weighted by molar-refractivity contribution is -0.204. The number of rotatable bonds is 11. The van der Waals surface area contributed by atoms with Crippen LogP contribution >= 0.6 is 0 Å². The molecule has 0 aromatic heterocycles. The number of fused-ring (bicyclic) bond motifs is 9. The predicted octanol–water partition coefficient (Wildman–Crippen LogP) is 11.5. The summed E-state index contributed by atoms with van der Waals surface area (Å²) in [4.78, 5) is 32.1. The van der Waals surface area contributed by atoms with E-state index in [4.69, 9.17) is 9.15 Å². The van der Waals surface area contributed by atoms with Crippen LogP contribution in [0.1, 0.15) is 156 Å². The number of carbonyl (C=O) groups is 2. The maximum Gasteiger partial charge on any atom is 0.339 e. The Kier molecular flexibility index (Phi) is 14.3. The van der Waals surface area contributed by atoms with E-state index in [1.165, 1.54) is 0 Å². The number of halogens is 1. The van der Waals surface area contributed by atoms with Gasteiger partial charge in [-0.15, -0.1) is 0 Å². The molecular formula is C65H84ClN3O4. The zero-order chi connectivity index (χ0) is 51.0. The second-order valence-corrected chi connectivity index (χ2v) is 25.0.